The molecule has 88 valence electrons. The lowest BCUT2D eigenvalue weighted by Gasteiger charge is -2.20. The standard InChI is InChI=1S/C12H15Cl2NO/c1-12(2,3)8-4-5-10(9(14)6-8)15-11(16)7-13/h4-6H,7H2,1-3H3,(H,15,16). The summed E-state index contributed by atoms with van der Waals surface area (Å²) in [6.07, 6.45) is 0. The van der Waals surface area contributed by atoms with Crippen molar-refractivity contribution in [3.05, 3.63) is 28.8 Å². The Balaban J connectivity index is 2.96. The van der Waals surface area contributed by atoms with Crippen LogP contribution < -0.4 is 5.32 Å². The van der Waals surface area contributed by atoms with E-state index in [1.807, 2.05) is 12.1 Å². The zero-order chi connectivity index (χ0) is 12.3. The third kappa shape index (κ3) is 3.39. The van der Waals surface area contributed by atoms with Gasteiger partial charge in [-0.1, -0.05) is 38.4 Å². The number of carbonyl (C=O) groups is 1. The summed E-state index contributed by atoms with van der Waals surface area (Å²) >= 11 is 11.5. The minimum Gasteiger partial charge on any atom is -0.324 e. The predicted molar refractivity (Wildman–Crippen MR) is 69.5 cm³/mol. The van der Waals surface area contributed by atoms with Gasteiger partial charge in [0.05, 0.1) is 10.7 Å². The van der Waals surface area contributed by atoms with Crippen molar-refractivity contribution in [2.24, 2.45) is 0 Å². The van der Waals surface area contributed by atoms with Gasteiger partial charge >= 0.3 is 0 Å². The van der Waals surface area contributed by atoms with Gasteiger partial charge in [0.1, 0.15) is 5.88 Å². The maximum Gasteiger partial charge on any atom is 0.239 e. The van der Waals surface area contributed by atoms with Gasteiger partial charge in [0.2, 0.25) is 5.91 Å². The maximum absolute atomic E-state index is 11.1. The van der Waals surface area contributed by atoms with Crippen LogP contribution in [0, 0.1) is 0 Å². The monoisotopic (exact) mass is 259 g/mol. The Hall–Kier alpha value is -0.730. The number of hydrogen-bond donors (Lipinski definition) is 1. The Labute approximate surface area is 106 Å². The van der Waals surface area contributed by atoms with Crippen molar-refractivity contribution in [3.8, 4) is 0 Å². The van der Waals surface area contributed by atoms with Crippen LogP contribution in [0.15, 0.2) is 18.2 Å². The molecule has 1 aromatic rings. The summed E-state index contributed by atoms with van der Waals surface area (Å²) in [5.41, 5.74) is 1.76. The first kappa shape index (κ1) is 13.3. The molecule has 0 fully saturated rings. The van der Waals surface area contributed by atoms with Crippen LogP contribution in [0.1, 0.15) is 26.3 Å². The predicted octanol–water partition coefficient (Wildman–Crippen LogP) is 3.81. The topological polar surface area (TPSA) is 29.1 Å². The van der Waals surface area contributed by atoms with Gasteiger partial charge in [-0.05, 0) is 23.1 Å². The number of hydrogen-bond acceptors (Lipinski definition) is 1. The molecule has 0 aliphatic carbocycles. The van der Waals surface area contributed by atoms with Crippen LogP contribution in [-0.2, 0) is 10.2 Å². The number of amides is 1. The van der Waals surface area contributed by atoms with Gasteiger partial charge in [-0.2, -0.15) is 0 Å². The average Bonchev–Trinajstić information content (AvgIpc) is 2.19. The number of nitrogens with one attached hydrogen (secondary N) is 1. The highest BCUT2D eigenvalue weighted by Gasteiger charge is 2.15. The lowest BCUT2D eigenvalue weighted by Crippen LogP contribution is -2.14. The first-order valence-corrected chi connectivity index (χ1v) is 5.91. The summed E-state index contributed by atoms with van der Waals surface area (Å²) in [5.74, 6) is -0.329. The average molecular weight is 260 g/mol. The van der Waals surface area contributed by atoms with Crippen molar-refractivity contribution >= 4 is 34.8 Å². The number of benzene rings is 1. The van der Waals surface area contributed by atoms with Crippen molar-refractivity contribution in [1.82, 2.24) is 0 Å². The second kappa shape index (κ2) is 5.07. The van der Waals surface area contributed by atoms with E-state index in [9.17, 15) is 4.79 Å². The molecule has 1 rings (SSSR count). The fourth-order valence-corrected chi connectivity index (χ4v) is 1.56. The number of carbonyl (C=O) groups excluding carboxylic acids is 1. The highest BCUT2D eigenvalue weighted by molar-refractivity contribution is 6.34. The molecular formula is C12H15Cl2NO. The molecule has 4 heteroatoms. The number of halogens is 2. The minimum absolute atomic E-state index is 0.0403. The highest BCUT2D eigenvalue weighted by atomic mass is 35.5. The van der Waals surface area contributed by atoms with E-state index < -0.39 is 0 Å². The fourth-order valence-electron chi connectivity index (χ4n) is 1.27. The lowest BCUT2D eigenvalue weighted by atomic mass is 9.87. The van der Waals surface area contributed by atoms with Gasteiger partial charge in [0, 0.05) is 0 Å². The van der Waals surface area contributed by atoms with E-state index in [4.69, 9.17) is 23.2 Å². The van der Waals surface area contributed by atoms with Crippen molar-refractivity contribution in [2.75, 3.05) is 11.2 Å². The van der Waals surface area contributed by atoms with Gasteiger partial charge in [0.15, 0.2) is 0 Å². The molecule has 0 atom stereocenters. The maximum atomic E-state index is 11.1. The third-order valence-corrected chi connectivity index (χ3v) is 2.79. The van der Waals surface area contributed by atoms with Crippen LogP contribution in [0.3, 0.4) is 0 Å². The zero-order valence-electron chi connectivity index (χ0n) is 9.60. The molecule has 0 saturated carbocycles. The zero-order valence-corrected chi connectivity index (χ0v) is 11.1. The third-order valence-electron chi connectivity index (χ3n) is 2.23. The molecule has 0 heterocycles. The quantitative estimate of drug-likeness (QED) is 0.805. The molecule has 0 radical (unpaired) electrons. The van der Waals surface area contributed by atoms with Crippen molar-refractivity contribution in [1.29, 1.82) is 0 Å². The van der Waals surface area contributed by atoms with E-state index in [-0.39, 0.29) is 17.2 Å². The summed E-state index contributed by atoms with van der Waals surface area (Å²) in [6.45, 7) is 6.32. The van der Waals surface area contributed by atoms with E-state index >= 15 is 0 Å². The molecule has 0 bridgehead atoms. The van der Waals surface area contributed by atoms with Gasteiger partial charge in [-0.3, -0.25) is 4.79 Å². The summed E-state index contributed by atoms with van der Waals surface area (Å²) in [6, 6.07) is 5.62. The summed E-state index contributed by atoms with van der Waals surface area (Å²) in [5, 5.41) is 3.17. The summed E-state index contributed by atoms with van der Waals surface area (Å²) in [7, 11) is 0. The molecule has 0 saturated heterocycles. The van der Waals surface area contributed by atoms with Crippen LogP contribution in [0.2, 0.25) is 5.02 Å². The van der Waals surface area contributed by atoms with E-state index in [2.05, 4.69) is 26.1 Å². The molecule has 1 amide bonds. The van der Waals surface area contributed by atoms with Crippen LogP contribution in [0.5, 0.6) is 0 Å². The van der Waals surface area contributed by atoms with E-state index in [0.717, 1.165) is 5.56 Å². The Kier molecular flexibility index (Phi) is 4.22. The summed E-state index contributed by atoms with van der Waals surface area (Å²) < 4.78 is 0. The van der Waals surface area contributed by atoms with Crippen molar-refractivity contribution in [2.45, 2.75) is 26.2 Å². The molecule has 1 aromatic carbocycles. The van der Waals surface area contributed by atoms with Crippen LogP contribution >= 0.6 is 23.2 Å². The van der Waals surface area contributed by atoms with Crippen molar-refractivity contribution < 1.29 is 4.79 Å². The molecule has 1 N–H and O–H groups in total. The second-order valence-electron chi connectivity index (χ2n) is 4.63. The Bertz CT molecular complexity index is 396. The molecule has 0 unspecified atom stereocenters. The van der Waals surface area contributed by atoms with Gasteiger partial charge in [-0.15, -0.1) is 11.6 Å². The Morgan fingerprint density at radius 1 is 1.38 bits per heavy atom. The SMILES string of the molecule is CC(C)(C)c1ccc(NC(=O)CCl)c(Cl)c1. The minimum atomic E-state index is -0.257. The van der Waals surface area contributed by atoms with Gasteiger partial charge < -0.3 is 5.32 Å². The van der Waals surface area contributed by atoms with Gasteiger partial charge in [0.25, 0.3) is 0 Å². The smallest absolute Gasteiger partial charge is 0.239 e. The molecule has 0 aliphatic heterocycles. The molecular weight excluding hydrogens is 245 g/mol. The Morgan fingerprint density at radius 3 is 2.44 bits per heavy atom. The molecule has 16 heavy (non-hydrogen) atoms. The normalized spacial score (nSPS) is 11.3. The van der Waals surface area contributed by atoms with E-state index in [1.54, 1.807) is 6.07 Å². The number of alkyl halides is 1. The number of rotatable bonds is 2. The highest BCUT2D eigenvalue weighted by Crippen LogP contribution is 2.29. The molecule has 0 spiro atoms. The van der Waals surface area contributed by atoms with E-state index in [1.165, 1.54) is 0 Å². The lowest BCUT2D eigenvalue weighted by molar-refractivity contribution is -0.113. The first-order valence-electron chi connectivity index (χ1n) is 5.00. The van der Waals surface area contributed by atoms with Crippen LogP contribution in [0.4, 0.5) is 5.69 Å². The Morgan fingerprint density at radius 2 is 2.00 bits per heavy atom. The van der Waals surface area contributed by atoms with E-state index in [0.29, 0.717) is 10.7 Å². The molecule has 0 aliphatic rings. The van der Waals surface area contributed by atoms with Crippen LogP contribution in [0.25, 0.3) is 0 Å². The fraction of sp³-hybridized carbons (Fsp3) is 0.417. The van der Waals surface area contributed by atoms with Gasteiger partial charge in [-0.25, -0.2) is 0 Å². The number of anilines is 1. The molecule has 2 nitrogen and oxygen atoms in total. The molecule has 0 aromatic heterocycles. The van der Waals surface area contributed by atoms with Crippen molar-refractivity contribution in [3.63, 3.8) is 0 Å². The largest absolute Gasteiger partial charge is 0.324 e. The second-order valence-corrected chi connectivity index (χ2v) is 5.30. The summed E-state index contributed by atoms with van der Waals surface area (Å²) in [4.78, 5) is 11.1. The first-order chi connectivity index (χ1) is 7.34. The van der Waals surface area contributed by atoms with Crippen LogP contribution in [-0.4, -0.2) is 11.8 Å².